The van der Waals surface area contributed by atoms with Crippen molar-refractivity contribution >= 4 is 76.5 Å². The smallest absolute Gasteiger partial charge is 0.307 e. The zero-order valence-corrected chi connectivity index (χ0v) is 24.4. The number of amides is 1. The number of nitriles is 1. The van der Waals surface area contributed by atoms with Crippen molar-refractivity contribution in [3.8, 4) is 6.07 Å². The van der Waals surface area contributed by atoms with Crippen LogP contribution in [0.2, 0.25) is 0 Å². The molecule has 1 amide bonds. The van der Waals surface area contributed by atoms with Gasteiger partial charge in [0.25, 0.3) is 0 Å². The van der Waals surface area contributed by atoms with E-state index in [-0.39, 0.29) is 84.7 Å². The number of ether oxygens (including phenoxy) is 2. The largest absolute Gasteiger partial charge is 0.464 e. The maximum Gasteiger partial charge on any atom is 0.307 e. The second kappa shape index (κ2) is 18.2. The summed E-state index contributed by atoms with van der Waals surface area (Å²) in [5.74, 6) is -1.18. The summed E-state index contributed by atoms with van der Waals surface area (Å²) in [6.45, 7) is 5.51. The highest BCUT2D eigenvalue weighted by atomic mass is 35.5. The van der Waals surface area contributed by atoms with Crippen molar-refractivity contribution in [1.29, 1.82) is 10.7 Å². The van der Waals surface area contributed by atoms with E-state index in [0.29, 0.717) is 11.4 Å². The van der Waals surface area contributed by atoms with Crippen LogP contribution in [0.25, 0.3) is 0 Å². The highest BCUT2D eigenvalue weighted by Crippen LogP contribution is 2.32. The van der Waals surface area contributed by atoms with Crippen molar-refractivity contribution in [3.63, 3.8) is 0 Å². The summed E-state index contributed by atoms with van der Waals surface area (Å²) in [5.41, 5.74) is 1.17. The van der Waals surface area contributed by atoms with Crippen molar-refractivity contribution in [2.45, 2.75) is 33.6 Å². The van der Waals surface area contributed by atoms with Gasteiger partial charge in [-0.15, -0.1) is 46.1 Å². The molecule has 0 aliphatic heterocycles. The van der Waals surface area contributed by atoms with Crippen LogP contribution in [0.4, 0.5) is 17.1 Å². The molecule has 1 aromatic carbocycles. The molecule has 39 heavy (non-hydrogen) atoms. The SMILES string of the molecule is CC(=N)/C(C#N)=C(S)/N=N/c1ccc(N(CCOC(=O)CCCl)CCOC(=O)CCCl)cc1NC(=O)C(C)C. The van der Waals surface area contributed by atoms with Gasteiger partial charge >= 0.3 is 11.9 Å². The molecule has 0 unspecified atom stereocenters. The maximum atomic E-state index is 12.5. The van der Waals surface area contributed by atoms with Crippen LogP contribution >= 0.6 is 35.8 Å². The fourth-order valence-corrected chi connectivity index (χ4v) is 3.42. The van der Waals surface area contributed by atoms with E-state index < -0.39 is 11.9 Å². The van der Waals surface area contributed by atoms with Gasteiger partial charge in [-0.25, -0.2) is 0 Å². The first kappa shape index (κ1) is 33.9. The molecule has 212 valence electrons. The lowest BCUT2D eigenvalue weighted by Gasteiger charge is -2.25. The standard InChI is InChI=1S/C25H32Cl2N6O5S/c1-16(2)24(36)30-21-14-18(4-5-20(21)31-32-25(39)19(15-28)17(3)29)33(10-12-37-22(34)6-8-26)11-13-38-23(35)7-9-27/h4-5,14,16,29,39H,6-13H2,1-3H3,(H,30,36)/b25-19-,29-17?,32-31+. The lowest BCUT2D eigenvalue weighted by Crippen LogP contribution is -2.32. The maximum absolute atomic E-state index is 12.5. The lowest BCUT2D eigenvalue weighted by molar-refractivity contribution is -0.143. The number of nitrogens with one attached hydrogen (secondary N) is 2. The summed E-state index contributed by atoms with van der Waals surface area (Å²) in [6.07, 6.45) is 0.157. The van der Waals surface area contributed by atoms with Gasteiger partial charge in [-0.2, -0.15) is 5.26 Å². The molecule has 0 aliphatic carbocycles. The molecular formula is C25H32Cl2N6O5S. The third-order valence-corrected chi connectivity index (χ3v) is 5.63. The highest BCUT2D eigenvalue weighted by Gasteiger charge is 2.16. The molecule has 0 fully saturated rings. The number of benzene rings is 1. The normalized spacial score (nSPS) is 11.5. The zero-order chi connectivity index (χ0) is 29.4. The zero-order valence-electron chi connectivity index (χ0n) is 22.0. The Labute approximate surface area is 243 Å². The van der Waals surface area contributed by atoms with Gasteiger partial charge in [0.1, 0.15) is 35.6 Å². The minimum absolute atomic E-state index is 0.0146. The Hall–Kier alpha value is -3.14. The van der Waals surface area contributed by atoms with E-state index in [1.54, 1.807) is 32.0 Å². The molecule has 1 rings (SSSR count). The van der Waals surface area contributed by atoms with Gasteiger partial charge in [-0.05, 0) is 25.1 Å². The third-order valence-electron chi connectivity index (χ3n) is 4.94. The van der Waals surface area contributed by atoms with Crippen LogP contribution in [-0.4, -0.2) is 61.6 Å². The van der Waals surface area contributed by atoms with Crippen LogP contribution in [-0.2, 0) is 23.9 Å². The van der Waals surface area contributed by atoms with Crippen molar-refractivity contribution in [3.05, 3.63) is 28.8 Å². The predicted molar refractivity (Wildman–Crippen MR) is 154 cm³/mol. The molecular weight excluding hydrogens is 567 g/mol. The number of allylic oxidation sites excluding steroid dienone is 1. The Morgan fingerprint density at radius 2 is 1.69 bits per heavy atom. The number of alkyl halides is 2. The summed E-state index contributed by atoms with van der Waals surface area (Å²) in [6, 6.07) is 6.82. The number of rotatable bonds is 16. The van der Waals surface area contributed by atoms with E-state index >= 15 is 0 Å². The molecule has 0 heterocycles. The second-order valence-electron chi connectivity index (χ2n) is 8.29. The van der Waals surface area contributed by atoms with Crippen LogP contribution < -0.4 is 10.2 Å². The molecule has 0 spiro atoms. The van der Waals surface area contributed by atoms with Crippen LogP contribution in [0.5, 0.6) is 0 Å². The van der Waals surface area contributed by atoms with Gasteiger partial charge in [-0.1, -0.05) is 13.8 Å². The summed E-state index contributed by atoms with van der Waals surface area (Å²) in [5, 5.41) is 27.7. The number of esters is 2. The molecule has 11 nitrogen and oxygen atoms in total. The first-order valence-corrected chi connectivity index (χ1v) is 13.5. The van der Waals surface area contributed by atoms with Gasteiger partial charge in [0.2, 0.25) is 5.91 Å². The Morgan fingerprint density at radius 1 is 1.13 bits per heavy atom. The van der Waals surface area contributed by atoms with Crippen molar-refractivity contribution in [1.82, 2.24) is 0 Å². The molecule has 1 aromatic rings. The average molecular weight is 600 g/mol. The number of carbonyl (C=O) groups excluding carboxylic acids is 3. The van der Waals surface area contributed by atoms with Crippen molar-refractivity contribution < 1.29 is 23.9 Å². The Morgan fingerprint density at radius 3 is 2.15 bits per heavy atom. The van der Waals surface area contributed by atoms with Crippen LogP contribution in [0.15, 0.2) is 39.0 Å². The lowest BCUT2D eigenvalue weighted by atomic mass is 10.1. The van der Waals surface area contributed by atoms with Gasteiger partial charge < -0.3 is 25.1 Å². The fourth-order valence-electron chi connectivity index (χ4n) is 2.85. The molecule has 0 saturated heterocycles. The molecule has 0 radical (unpaired) electrons. The quantitative estimate of drug-likeness (QED) is 0.0587. The predicted octanol–water partition coefficient (Wildman–Crippen LogP) is 5.22. The number of azo groups is 1. The van der Waals surface area contributed by atoms with Crippen LogP contribution in [0.3, 0.4) is 0 Å². The van der Waals surface area contributed by atoms with E-state index in [1.807, 2.05) is 11.0 Å². The summed E-state index contributed by atoms with van der Waals surface area (Å²) in [4.78, 5) is 37.8. The topological polar surface area (TPSA) is 157 Å². The number of hydrogen-bond acceptors (Lipinski definition) is 11. The second-order valence-corrected chi connectivity index (χ2v) is 9.47. The number of halogens is 2. The molecule has 0 aromatic heterocycles. The molecule has 0 bridgehead atoms. The molecule has 0 aliphatic rings. The first-order chi connectivity index (χ1) is 18.5. The van der Waals surface area contributed by atoms with Gasteiger partial charge in [0.15, 0.2) is 0 Å². The number of nitrogens with zero attached hydrogens (tertiary/aromatic N) is 4. The first-order valence-electron chi connectivity index (χ1n) is 12.0. The van der Waals surface area contributed by atoms with E-state index in [4.69, 9.17) is 38.1 Å². The van der Waals surface area contributed by atoms with Crippen molar-refractivity contribution in [2.24, 2.45) is 16.1 Å². The van der Waals surface area contributed by atoms with E-state index in [2.05, 4.69) is 28.2 Å². The summed E-state index contributed by atoms with van der Waals surface area (Å²) >= 11 is 15.3. The number of carbonyl (C=O) groups is 3. The third kappa shape index (κ3) is 12.5. The number of anilines is 2. The summed E-state index contributed by atoms with van der Waals surface area (Å²) in [7, 11) is 0. The van der Waals surface area contributed by atoms with E-state index in [9.17, 15) is 19.6 Å². The summed E-state index contributed by atoms with van der Waals surface area (Å²) < 4.78 is 10.4. The Bertz CT molecular complexity index is 1110. The Balaban J connectivity index is 3.34. The average Bonchev–Trinajstić information content (AvgIpc) is 2.87. The molecule has 14 heteroatoms. The van der Waals surface area contributed by atoms with Crippen LogP contribution in [0.1, 0.15) is 33.6 Å². The van der Waals surface area contributed by atoms with Crippen LogP contribution in [0, 0.1) is 22.7 Å². The van der Waals surface area contributed by atoms with Gasteiger partial charge in [0.05, 0.1) is 31.6 Å². The monoisotopic (exact) mass is 598 g/mol. The number of thiol groups is 1. The van der Waals surface area contributed by atoms with E-state index in [0.717, 1.165) is 0 Å². The number of hydrogen-bond donors (Lipinski definition) is 3. The molecule has 2 N–H and O–H groups in total. The minimum atomic E-state index is -0.438. The molecule has 0 saturated carbocycles. The van der Waals surface area contributed by atoms with Crippen molar-refractivity contribution in [2.75, 3.05) is 48.3 Å². The van der Waals surface area contributed by atoms with E-state index in [1.165, 1.54) is 6.92 Å². The van der Waals surface area contributed by atoms with Gasteiger partial charge in [0, 0.05) is 29.1 Å². The minimum Gasteiger partial charge on any atom is -0.464 e. The van der Waals surface area contributed by atoms with Gasteiger partial charge in [-0.3, -0.25) is 14.4 Å². The molecule has 0 atom stereocenters. The highest BCUT2D eigenvalue weighted by molar-refractivity contribution is 7.84. The Kier molecular flexibility index (Phi) is 15.8. The fraction of sp³-hybridized carbons (Fsp3) is 0.480.